The maximum absolute atomic E-state index is 11.6. The van der Waals surface area contributed by atoms with Crippen molar-refractivity contribution < 1.29 is 14.5 Å². The molecule has 0 fully saturated rings. The van der Waals surface area contributed by atoms with Crippen LogP contribution in [0.4, 0.5) is 0 Å². The van der Waals surface area contributed by atoms with E-state index in [1.165, 1.54) is 6.07 Å². The predicted molar refractivity (Wildman–Crippen MR) is 60.8 cm³/mol. The van der Waals surface area contributed by atoms with E-state index in [0.717, 1.165) is 0 Å². The highest BCUT2D eigenvalue weighted by atomic mass is 16.5. The number of hydrogen-bond donors (Lipinski definition) is 3. The number of aryl methyl sites for hydroxylation is 1. The SMILES string of the molecule is Cc1cc(C(=O)NCC(C)(C)C(N)=NO)no1. The molecule has 1 aromatic heterocycles. The summed E-state index contributed by atoms with van der Waals surface area (Å²) in [5, 5.41) is 17.7. The Balaban J connectivity index is 2.60. The van der Waals surface area contributed by atoms with E-state index in [1.54, 1.807) is 20.8 Å². The second kappa shape index (κ2) is 4.86. The number of carbonyl (C=O) groups excluding carboxylic acids is 1. The van der Waals surface area contributed by atoms with Gasteiger partial charge in [0.15, 0.2) is 5.69 Å². The largest absolute Gasteiger partial charge is 0.409 e. The number of carbonyl (C=O) groups is 1. The standard InChI is InChI=1S/C10H16N4O3/c1-6-4-7(14-17-6)8(15)12-5-10(2,3)9(11)13-16/h4,16H,5H2,1-3H3,(H2,11,13)(H,12,15). The van der Waals surface area contributed by atoms with E-state index in [-0.39, 0.29) is 24.0 Å². The average Bonchev–Trinajstić information content (AvgIpc) is 2.71. The molecule has 0 spiro atoms. The summed E-state index contributed by atoms with van der Waals surface area (Å²) in [6.07, 6.45) is 0. The van der Waals surface area contributed by atoms with Crippen molar-refractivity contribution in [2.24, 2.45) is 16.3 Å². The first-order valence-electron chi connectivity index (χ1n) is 5.06. The normalized spacial score (nSPS) is 12.5. The molecule has 0 radical (unpaired) electrons. The van der Waals surface area contributed by atoms with Crippen LogP contribution in [0, 0.1) is 12.3 Å². The van der Waals surface area contributed by atoms with Crippen LogP contribution in [0.3, 0.4) is 0 Å². The van der Waals surface area contributed by atoms with E-state index in [0.29, 0.717) is 5.76 Å². The molecule has 0 atom stereocenters. The van der Waals surface area contributed by atoms with Crippen molar-refractivity contribution in [1.82, 2.24) is 10.5 Å². The average molecular weight is 240 g/mol. The highest BCUT2D eigenvalue weighted by molar-refractivity contribution is 5.93. The summed E-state index contributed by atoms with van der Waals surface area (Å²) >= 11 is 0. The molecule has 0 aliphatic heterocycles. The van der Waals surface area contributed by atoms with Gasteiger partial charge in [0.2, 0.25) is 0 Å². The van der Waals surface area contributed by atoms with Crippen LogP contribution in [0.5, 0.6) is 0 Å². The Kier molecular flexibility index (Phi) is 3.72. The fourth-order valence-corrected chi connectivity index (χ4v) is 1.09. The van der Waals surface area contributed by atoms with Crippen LogP contribution in [0.2, 0.25) is 0 Å². The number of rotatable bonds is 4. The molecule has 0 saturated carbocycles. The molecule has 7 heteroatoms. The maximum Gasteiger partial charge on any atom is 0.273 e. The van der Waals surface area contributed by atoms with Crippen molar-refractivity contribution >= 4 is 11.7 Å². The van der Waals surface area contributed by atoms with E-state index >= 15 is 0 Å². The number of amides is 1. The van der Waals surface area contributed by atoms with Gasteiger partial charge in [-0.2, -0.15) is 0 Å². The third kappa shape index (κ3) is 3.20. The molecule has 1 aromatic rings. The van der Waals surface area contributed by atoms with Crippen molar-refractivity contribution in [2.75, 3.05) is 6.54 Å². The van der Waals surface area contributed by atoms with Gasteiger partial charge in [0, 0.05) is 18.0 Å². The zero-order valence-corrected chi connectivity index (χ0v) is 10.0. The summed E-state index contributed by atoms with van der Waals surface area (Å²) < 4.78 is 4.79. The first-order chi connectivity index (χ1) is 7.86. The van der Waals surface area contributed by atoms with Crippen LogP contribution in [-0.4, -0.2) is 28.7 Å². The highest BCUT2D eigenvalue weighted by Gasteiger charge is 2.25. The predicted octanol–water partition coefficient (Wildman–Crippen LogP) is 0.485. The summed E-state index contributed by atoms with van der Waals surface area (Å²) in [6, 6.07) is 1.53. The molecule has 94 valence electrons. The second-order valence-electron chi connectivity index (χ2n) is 4.37. The molecule has 17 heavy (non-hydrogen) atoms. The summed E-state index contributed by atoms with van der Waals surface area (Å²) in [7, 11) is 0. The van der Waals surface area contributed by atoms with Gasteiger partial charge in [0.05, 0.1) is 0 Å². The molecule has 1 amide bonds. The quantitative estimate of drug-likeness (QED) is 0.306. The lowest BCUT2D eigenvalue weighted by atomic mass is 9.92. The lowest BCUT2D eigenvalue weighted by Gasteiger charge is -2.22. The molecule has 0 aliphatic rings. The van der Waals surface area contributed by atoms with E-state index in [1.807, 2.05) is 0 Å². The summed E-state index contributed by atoms with van der Waals surface area (Å²) in [6.45, 7) is 5.42. The molecule has 0 aromatic carbocycles. The molecule has 4 N–H and O–H groups in total. The third-order valence-corrected chi connectivity index (χ3v) is 2.35. The molecule has 1 heterocycles. The van der Waals surface area contributed by atoms with Crippen molar-refractivity contribution in [1.29, 1.82) is 0 Å². The van der Waals surface area contributed by atoms with Gasteiger partial charge in [-0.1, -0.05) is 24.2 Å². The summed E-state index contributed by atoms with van der Waals surface area (Å²) in [5.74, 6) is 0.251. The summed E-state index contributed by atoms with van der Waals surface area (Å²) in [4.78, 5) is 11.6. The third-order valence-electron chi connectivity index (χ3n) is 2.35. The molecule has 0 bridgehead atoms. The number of oxime groups is 1. The van der Waals surface area contributed by atoms with Crippen molar-refractivity contribution in [3.63, 3.8) is 0 Å². The first kappa shape index (κ1) is 13.0. The Morgan fingerprint density at radius 3 is 2.82 bits per heavy atom. The number of aromatic nitrogens is 1. The smallest absolute Gasteiger partial charge is 0.273 e. The van der Waals surface area contributed by atoms with Crippen LogP contribution < -0.4 is 11.1 Å². The Bertz CT molecular complexity index is 437. The molecule has 1 rings (SSSR count). The van der Waals surface area contributed by atoms with Crippen LogP contribution in [0.15, 0.2) is 15.7 Å². The molecule has 7 nitrogen and oxygen atoms in total. The number of nitrogens with zero attached hydrogens (tertiary/aromatic N) is 2. The van der Waals surface area contributed by atoms with Crippen LogP contribution in [-0.2, 0) is 0 Å². The minimum atomic E-state index is -0.636. The van der Waals surface area contributed by atoms with Crippen LogP contribution in [0.25, 0.3) is 0 Å². The lowest BCUT2D eigenvalue weighted by Crippen LogP contribution is -2.42. The Morgan fingerprint density at radius 2 is 2.35 bits per heavy atom. The van der Waals surface area contributed by atoms with E-state index in [4.69, 9.17) is 15.5 Å². The van der Waals surface area contributed by atoms with E-state index in [9.17, 15) is 4.79 Å². The molecule has 0 unspecified atom stereocenters. The van der Waals surface area contributed by atoms with E-state index < -0.39 is 5.41 Å². The topological polar surface area (TPSA) is 114 Å². The Morgan fingerprint density at radius 1 is 1.71 bits per heavy atom. The zero-order valence-electron chi connectivity index (χ0n) is 10.0. The summed E-state index contributed by atoms with van der Waals surface area (Å²) in [5.41, 5.74) is 5.06. The van der Waals surface area contributed by atoms with Crippen molar-refractivity contribution in [2.45, 2.75) is 20.8 Å². The fourth-order valence-electron chi connectivity index (χ4n) is 1.09. The van der Waals surface area contributed by atoms with Crippen molar-refractivity contribution in [3.8, 4) is 0 Å². The first-order valence-corrected chi connectivity index (χ1v) is 5.06. The lowest BCUT2D eigenvalue weighted by molar-refractivity contribution is 0.0935. The van der Waals surface area contributed by atoms with E-state index in [2.05, 4.69) is 15.6 Å². The number of hydrogen-bond acceptors (Lipinski definition) is 5. The molecule has 0 saturated heterocycles. The minimum absolute atomic E-state index is 0.0501. The maximum atomic E-state index is 11.6. The zero-order chi connectivity index (χ0) is 13.1. The fraction of sp³-hybridized carbons (Fsp3) is 0.500. The second-order valence-corrected chi connectivity index (χ2v) is 4.37. The molecule has 0 aliphatic carbocycles. The Hall–Kier alpha value is -2.05. The minimum Gasteiger partial charge on any atom is -0.409 e. The number of amidine groups is 1. The number of nitrogens with one attached hydrogen (secondary N) is 1. The van der Waals surface area contributed by atoms with Gasteiger partial charge in [0.1, 0.15) is 11.6 Å². The van der Waals surface area contributed by atoms with Crippen LogP contribution in [0.1, 0.15) is 30.1 Å². The highest BCUT2D eigenvalue weighted by Crippen LogP contribution is 2.13. The molecular weight excluding hydrogens is 224 g/mol. The van der Waals surface area contributed by atoms with Gasteiger partial charge < -0.3 is 20.8 Å². The van der Waals surface area contributed by atoms with Gasteiger partial charge >= 0.3 is 0 Å². The van der Waals surface area contributed by atoms with Gasteiger partial charge in [-0.25, -0.2) is 0 Å². The van der Waals surface area contributed by atoms with Gasteiger partial charge in [-0.05, 0) is 6.92 Å². The molecular formula is C10H16N4O3. The van der Waals surface area contributed by atoms with Crippen molar-refractivity contribution in [3.05, 3.63) is 17.5 Å². The van der Waals surface area contributed by atoms with Crippen LogP contribution >= 0.6 is 0 Å². The number of nitrogens with two attached hydrogens (primary N) is 1. The van der Waals surface area contributed by atoms with Gasteiger partial charge in [0.25, 0.3) is 5.91 Å². The monoisotopic (exact) mass is 240 g/mol. The van der Waals surface area contributed by atoms with Gasteiger partial charge in [-0.3, -0.25) is 4.79 Å². The van der Waals surface area contributed by atoms with Gasteiger partial charge in [-0.15, -0.1) is 0 Å². The Labute approximate surface area is 98.6 Å².